The Morgan fingerprint density at radius 2 is 1.18 bits per heavy atom. The van der Waals surface area contributed by atoms with Gasteiger partial charge in [0.15, 0.2) is 0 Å². The minimum atomic E-state index is -0.363. The smallest absolute Gasteiger partial charge is 0.269 e. The lowest BCUT2D eigenvalue weighted by Gasteiger charge is -2.28. The topological polar surface area (TPSA) is 49.6 Å². The Hall–Kier alpha value is -3.28. The second kappa shape index (κ2) is 9.18. The third kappa shape index (κ3) is 4.18. The Morgan fingerprint density at radius 1 is 0.763 bits per heavy atom. The summed E-state index contributed by atoms with van der Waals surface area (Å²) in [4.78, 5) is 15.4. The molecule has 0 fully saturated rings. The van der Waals surface area contributed by atoms with E-state index in [0.717, 1.165) is 28.3 Å². The molecule has 1 atom stereocenters. The second-order valence-corrected chi connectivity index (χ2v) is 12.0. The highest BCUT2D eigenvalue weighted by atomic mass is 35.5. The zero-order chi connectivity index (χ0) is 27.6. The number of halogens is 2. The van der Waals surface area contributed by atoms with Crippen LogP contribution in [0.5, 0.6) is 0 Å². The molecule has 1 unspecified atom stereocenters. The predicted octanol–water partition coefficient (Wildman–Crippen LogP) is 8.61. The first-order valence-corrected chi connectivity index (χ1v) is 13.3. The molecule has 5 rings (SSSR count). The van der Waals surface area contributed by atoms with E-state index in [1.807, 2.05) is 36.4 Å². The largest absolute Gasteiger partial charge is 0.347 e. The molecule has 2 aliphatic heterocycles. The highest BCUT2D eigenvalue weighted by Crippen LogP contribution is 2.51. The summed E-state index contributed by atoms with van der Waals surface area (Å²) in [6, 6.07) is 18.9. The summed E-state index contributed by atoms with van der Waals surface area (Å²) in [5.41, 5.74) is 7.40. The monoisotopic (exact) mass is 547 g/mol. The molecule has 38 heavy (non-hydrogen) atoms. The molecule has 0 radical (unpaired) electrons. The molecule has 0 saturated heterocycles. The summed E-state index contributed by atoms with van der Waals surface area (Å²) in [7, 11) is 4.16. The highest BCUT2D eigenvalue weighted by Gasteiger charge is 2.41. The second-order valence-electron chi connectivity index (χ2n) is 11.2. The normalized spacial score (nSPS) is 20.1. The molecule has 3 aromatic rings. The van der Waals surface area contributed by atoms with Crippen LogP contribution in [0, 0.1) is 10.1 Å². The summed E-state index contributed by atoms with van der Waals surface area (Å²) < 4.78 is 0. The van der Waals surface area contributed by atoms with Gasteiger partial charge in [-0.25, -0.2) is 0 Å². The first-order valence-electron chi connectivity index (χ1n) is 12.6. The predicted molar refractivity (Wildman–Crippen MR) is 158 cm³/mol. The molecule has 5 nitrogen and oxygen atoms in total. The Bertz CT molecular complexity index is 1420. The quantitative estimate of drug-likeness (QED) is 0.242. The molecule has 196 valence electrons. The maximum Gasteiger partial charge on any atom is 0.269 e. The van der Waals surface area contributed by atoms with Crippen molar-refractivity contribution in [1.82, 2.24) is 0 Å². The van der Waals surface area contributed by atoms with Crippen molar-refractivity contribution in [3.8, 4) is 0 Å². The van der Waals surface area contributed by atoms with Gasteiger partial charge in [0, 0.05) is 75.8 Å². The van der Waals surface area contributed by atoms with Crippen molar-refractivity contribution in [1.29, 1.82) is 0 Å². The van der Waals surface area contributed by atoms with Crippen LogP contribution >= 0.6 is 23.2 Å². The van der Waals surface area contributed by atoms with Crippen molar-refractivity contribution in [3.05, 3.63) is 121 Å². The number of rotatable bonds is 4. The maximum atomic E-state index is 11.3. The third-order valence-electron chi connectivity index (χ3n) is 8.15. The first kappa shape index (κ1) is 26.3. The molecule has 0 aliphatic carbocycles. The van der Waals surface area contributed by atoms with Gasteiger partial charge in [0.25, 0.3) is 5.69 Å². The van der Waals surface area contributed by atoms with E-state index < -0.39 is 0 Å². The van der Waals surface area contributed by atoms with Crippen LogP contribution in [0.4, 0.5) is 17.1 Å². The SMILES string of the molecule is CN1/C(=C\C(/C=C2/N(C)c3ccc(Cl)cc3C2(C)C)c2ccc([N+](=O)[O-])cc2)C(C)(C)c2cc(Cl)ccc21. The first-order chi connectivity index (χ1) is 17.8. The van der Waals surface area contributed by atoms with Crippen molar-refractivity contribution in [2.24, 2.45) is 0 Å². The van der Waals surface area contributed by atoms with Crippen LogP contribution in [0.2, 0.25) is 10.0 Å². The van der Waals surface area contributed by atoms with Crippen LogP contribution in [0.1, 0.15) is 50.3 Å². The number of likely N-dealkylation sites (N-methyl/N-ethyl adjacent to an activating group) is 2. The highest BCUT2D eigenvalue weighted by molar-refractivity contribution is 6.31. The molecule has 0 N–H and O–H groups in total. The van der Waals surface area contributed by atoms with E-state index in [1.54, 1.807) is 12.1 Å². The number of anilines is 2. The van der Waals surface area contributed by atoms with E-state index >= 15 is 0 Å². The number of hydrogen-bond acceptors (Lipinski definition) is 4. The third-order valence-corrected chi connectivity index (χ3v) is 8.62. The van der Waals surface area contributed by atoms with Gasteiger partial charge in [-0.1, -0.05) is 75.2 Å². The van der Waals surface area contributed by atoms with Gasteiger partial charge < -0.3 is 9.80 Å². The zero-order valence-corrected chi connectivity index (χ0v) is 23.9. The standard InChI is InChI=1S/C31H31Cl2N3O2/c1-30(2)24-17-21(32)9-13-26(24)34(5)28(30)15-20(19-7-11-23(12-8-19)36(37)38)16-29-31(3,4)25-18-22(33)10-14-27(25)35(29)6/h7-18,20H,1-6H3/b28-15-,29-16+. The number of allylic oxidation sites excluding steroid dienone is 4. The number of non-ortho nitro benzene ring substituents is 1. The van der Waals surface area contributed by atoms with E-state index in [9.17, 15) is 10.1 Å². The fourth-order valence-corrected chi connectivity index (χ4v) is 6.36. The van der Waals surface area contributed by atoms with Gasteiger partial charge in [-0.3, -0.25) is 10.1 Å². The maximum absolute atomic E-state index is 11.3. The average Bonchev–Trinajstić information content (AvgIpc) is 3.16. The Kier molecular flexibility index (Phi) is 6.36. The van der Waals surface area contributed by atoms with Crippen molar-refractivity contribution < 1.29 is 4.92 Å². The van der Waals surface area contributed by atoms with Crippen LogP contribution in [-0.2, 0) is 10.8 Å². The molecule has 2 aliphatic rings. The summed E-state index contributed by atoms with van der Waals surface area (Å²) in [5.74, 6) is -0.140. The molecule has 0 saturated carbocycles. The summed E-state index contributed by atoms with van der Waals surface area (Å²) in [6.45, 7) is 8.84. The number of nitrogens with zero attached hydrogens (tertiary/aromatic N) is 3. The lowest BCUT2D eigenvalue weighted by molar-refractivity contribution is -0.384. The summed E-state index contributed by atoms with van der Waals surface area (Å²) in [5, 5.41) is 12.8. The van der Waals surface area contributed by atoms with Crippen LogP contribution in [-0.4, -0.2) is 19.0 Å². The molecule has 0 spiro atoms. The fourth-order valence-electron chi connectivity index (χ4n) is 6.02. The lowest BCUT2D eigenvalue weighted by Crippen LogP contribution is -2.25. The van der Waals surface area contributed by atoms with Crippen LogP contribution in [0.15, 0.2) is 84.2 Å². The minimum Gasteiger partial charge on any atom is -0.347 e. The van der Waals surface area contributed by atoms with Crippen molar-refractivity contribution in [2.75, 3.05) is 23.9 Å². The van der Waals surface area contributed by atoms with Crippen LogP contribution in [0.3, 0.4) is 0 Å². The van der Waals surface area contributed by atoms with E-state index in [0.29, 0.717) is 10.0 Å². The van der Waals surface area contributed by atoms with Gasteiger partial charge in [0.05, 0.1) is 4.92 Å². The Labute approximate surface area is 234 Å². The molecular formula is C31H31Cl2N3O2. The number of benzene rings is 3. The van der Waals surface area contributed by atoms with E-state index in [1.165, 1.54) is 11.1 Å². The van der Waals surface area contributed by atoms with Gasteiger partial charge in [-0.2, -0.15) is 0 Å². The number of nitro groups is 1. The van der Waals surface area contributed by atoms with E-state index in [4.69, 9.17) is 23.2 Å². The molecule has 0 aromatic heterocycles. The number of nitro benzene ring substituents is 1. The van der Waals surface area contributed by atoms with Crippen LogP contribution < -0.4 is 9.80 Å². The van der Waals surface area contributed by atoms with Gasteiger partial charge in [-0.15, -0.1) is 0 Å². The number of hydrogen-bond donors (Lipinski definition) is 0. The Morgan fingerprint density at radius 3 is 1.58 bits per heavy atom. The molecule has 7 heteroatoms. The molecule has 2 heterocycles. The zero-order valence-electron chi connectivity index (χ0n) is 22.4. The molecular weight excluding hydrogens is 517 g/mol. The van der Waals surface area contributed by atoms with Gasteiger partial charge >= 0.3 is 0 Å². The van der Waals surface area contributed by atoms with E-state index in [-0.39, 0.29) is 27.4 Å². The van der Waals surface area contributed by atoms with Crippen molar-refractivity contribution >= 4 is 40.3 Å². The fraction of sp³-hybridized carbons (Fsp3) is 0.290. The van der Waals surface area contributed by atoms with Gasteiger partial charge in [0.2, 0.25) is 0 Å². The van der Waals surface area contributed by atoms with Crippen molar-refractivity contribution in [2.45, 2.75) is 44.4 Å². The van der Waals surface area contributed by atoms with Crippen LogP contribution in [0.25, 0.3) is 0 Å². The molecule has 0 amide bonds. The van der Waals surface area contributed by atoms with E-state index in [2.05, 4.69) is 75.9 Å². The van der Waals surface area contributed by atoms with Gasteiger partial charge in [0.1, 0.15) is 0 Å². The van der Waals surface area contributed by atoms with Gasteiger partial charge in [-0.05, 0) is 53.1 Å². The summed E-state index contributed by atoms with van der Waals surface area (Å²) >= 11 is 12.8. The average molecular weight is 549 g/mol. The lowest BCUT2D eigenvalue weighted by atomic mass is 9.80. The minimum absolute atomic E-state index is 0.0773. The number of fused-ring (bicyclic) bond motifs is 2. The Balaban J connectivity index is 1.67. The summed E-state index contributed by atoms with van der Waals surface area (Å²) in [6.07, 6.45) is 4.56. The molecule has 0 bridgehead atoms. The van der Waals surface area contributed by atoms with Crippen molar-refractivity contribution in [3.63, 3.8) is 0 Å². The molecule has 3 aromatic carbocycles.